The van der Waals surface area contributed by atoms with E-state index in [1.165, 1.54) is 4.90 Å². The van der Waals surface area contributed by atoms with Crippen LogP contribution < -0.4 is 0 Å². The molecular weight excluding hydrogens is 246 g/mol. The molecule has 0 radical (unpaired) electrons. The second-order valence-corrected chi connectivity index (χ2v) is 7.04. The van der Waals surface area contributed by atoms with Crippen molar-refractivity contribution in [2.75, 3.05) is 6.54 Å². The number of carbonyl (C=O) groups is 2. The third-order valence-electron chi connectivity index (χ3n) is 4.29. The van der Waals surface area contributed by atoms with Crippen LogP contribution in [0, 0.1) is 11.3 Å². The highest BCUT2D eigenvalue weighted by molar-refractivity contribution is 5.81. The summed E-state index contributed by atoms with van der Waals surface area (Å²) >= 11 is 0. The van der Waals surface area contributed by atoms with E-state index in [4.69, 9.17) is 4.74 Å². The second-order valence-electron chi connectivity index (χ2n) is 7.04. The van der Waals surface area contributed by atoms with Gasteiger partial charge in [0.1, 0.15) is 11.6 Å². The molecule has 1 saturated heterocycles. The van der Waals surface area contributed by atoms with Gasteiger partial charge in [-0.25, -0.2) is 9.59 Å². The van der Waals surface area contributed by atoms with Gasteiger partial charge in [0.2, 0.25) is 0 Å². The highest BCUT2D eigenvalue weighted by Gasteiger charge is 2.56. The van der Waals surface area contributed by atoms with Crippen molar-refractivity contribution in [1.29, 1.82) is 0 Å². The Bertz CT molecular complexity index is 401. The van der Waals surface area contributed by atoms with Crippen molar-refractivity contribution in [3.8, 4) is 0 Å². The van der Waals surface area contributed by atoms with Crippen molar-refractivity contribution in [2.24, 2.45) is 11.3 Å². The number of rotatable bonds is 1. The molecule has 0 aromatic heterocycles. The lowest BCUT2D eigenvalue weighted by Crippen LogP contribution is -2.45. The lowest BCUT2D eigenvalue weighted by atomic mass is 9.80. The number of aliphatic carboxylic acids is 1. The number of carbonyl (C=O) groups excluding carboxylic acids is 1. The van der Waals surface area contributed by atoms with E-state index in [1.54, 1.807) is 20.8 Å². The van der Waals surface area contributed by atoms with Gasteiger partial charge < -0.3 is 9.84 Å². The zero-order valence-electron chi connectivity index (χ0n) is 12.1. The molecule has 3 atom stereocenters. The first kappa shape index (κ1) is 14.2. The molecule has 108 valence electrons. The van der Waals surface area contributed by atoms with Crippen molar-refractivity contribution in [3.05, 3.63) is 0 Å². The van der Waals surface area contributed by atoms with E-state index >= 15 is 0 Å². The molecule has 0 aromatic carbocycles. The zero-order chi connectivity index (χ0) is 14.4. The Morgan fingerprint density at radius 3 is 2.53 bits per heavy atom. The molecule has 0 bridgehead atoms. The van der Waals surface area contributed by atoms with Crippen molar-refractivity contribution in [1.82, 2.24) is 4.90 Å². The molecule has 5 heteroatoms. The van der Waals surface area contributed by atoms with Crippen LogP contribution >= 0.6 is 0 Å². The lowest BCUT2D eigenvalue weighted by molar-refractivity contribution is -0.143. The van der Waals surface area contributed by atoms with Gasteiger partial charge in [-0.05, 0) is 44.9 Å². The maximum absolute atomic E-state index is 12.2. The average molecular weight is 269 g/mol. The van der Waals surface area contributed by atoms with E-state index < -0.39 is 23.7 Å². The number of likely N-dealkylation sites (tertiary alicyclic amines) is 1. The van der Waals surface area contributed by atoms with Crippen LogP contribution in [0.4, 0.5) is 4.79 Å². The van der Waals surface area contributed by atoms with Crippen LogP contribution in [-0.4, -0.2) is 40.3 Å². The Morgan fingerprint density at radius 2 is 2.00 bits per heavy atom. The normalized spacial score (nSPS) is 34.2. The van der Waals surface area contributed by atoms with Gasteiger partial charge in [0.25, 0.3) is 0 Å². The maximum atomic E-state index is 12.2. The highest BCUT2D eigenvalue weighted by Crippen LogP contribution is 2.51. The molecule has 2 fully saturated rings. The summed E-state index contributed by atoms with van der Waals surface area (Å²) in [6.45, 7) is 7.95. The van der Waals surface area contributed by atoms with E-state index in [1.807, 2.05) is 0 Å². The number of amides is 1. The Hall–Kier alpha value is -1.26. The second kappa shape index (κ2) is 4.39. The minimum atomic E-state index is -0.915. The number of fused-ring (bicyclic) bond motifs is 1. The first-order valence-electron chi connectivity index (χ1n) is 6.86. The van der Waals surface area contributed by atoms with Crippen LogP contribution in [0.1, 0.15) is 47.0 Å². The Balaban J connectivity index is 2.21. The quantitative estimate of drug-likeness (QED) is 0.794. The zero-order valence-corrected chi connectivity index (χ0v) is 12.1. The number of nitrogens with zero attached hydrogens (tertiary/aromatic N) is 1. The predicted octanol–water partition coefficient (Wildman–Crippen LogP) is 2.50. The van der Waals surface area contributed by atoms with Gasteiger partial charge in [0.05, 0.1) is 0 Å². The van der Waals surface area contributed by atoms with Gasteiger partial charge in [-0.1, -0.05) is 13.3 Å². The van der Waals surface area contributed by atoms with Crippen LogP contribution in [0.2, 0.25) is 0 Å². The summed E-state index contributed by atoms with van der Waals surface area (Å²) in [5.74, 6) is -0.862. The summed E-state index contributed by atoms with van der Waals surface area (Å²) < 4.78 is 5.34. The van der Waals surface area contributed by atoms with Crippen molar-refractivity contribution >= 4 is 12.1 Å². The standard InChI is InChI=1S/C14H23NO4/c1-13(2,3)19-12(18)15-8-14(4)7-5-6-9(14)10(15)11(16)17/h9-10H,5-8H2,1-4H3,(H,16,17)/t9-,10+,14+/m1/s1. The van der Waals surface area contributed by atoms with Gasteiger partial charge >= 0.3 is 12.1 Å². The molecule has 2 aliphatic rings. The average Bonchev–Trinajstić information content (AvgIpc) is 2.67. The Morgan fingerprint density at radius 1 is 1.37 bits per heavy atom. The van der Waals surface area contributed by atoms with Gasteiger partial charge in [0, 0.05) is 6.54 Å². The summed E-state index contributed by atoms with van der Waals surface area (Å²) in [5.41, 5.74) is -0.668. The Kier molecular flexibility index (Phi) is 3.27. The summed E-state index contributed by atoms with van der Waals surface area (Å²) in [6, 6.07) is -0.734. The molecule has 1 N–H and O–H groups in total. The number of ether oxygens (including phenoxy) is 1. The monoisotopic (exact) mass is 269 g/mol. The Labute approximate surface area is 113 Å². The van der Waals surface area contributed by atoms with E-state index in [-0.39, 0.29) is 11.3 Å². The third-order valence-corrected chi connectivity index (χ3v) is 4.29. The van der Waals surface area contributed by atoms with Crippen LogP contribution in [0.3, 0.4) is 0 Å². The number of carboxylic acids is 1. The third kappa shape index (κ3) is 2.55. The molecule has 0 unspecified atom stereocenters. The number of hydrogen-bond donors (Lipinski definition) is 1. The SMILES string of the molecule is CC(C)(C)OC(=O)N1C[C@]2(C)CCC[C@@H]2[C@H]1C(=O)O. The minimum absolute atomic E-state index is 0.0533. The van der Waals surface area contributed by atoms with Crippen molar-refractivity contribution < 1.29 is 19.4 Å². The van der Waals surface area contributed by atoms with Crippen LogP contribution in [-0.2, 0) is 9.53 Å². The topological polar surface area (TPSA) is 66.8 Å². The molecule has 1 aliphatic carbocycles. The highest BCUT2D eigenvalue weighted by atomic mass is 16.6. The van der Waals surface area contributed by atoms with Crippen molar-refractivity contribution in [2.45, 2.75) is 58.6 Å². The van der Waals surface area contributed by atoms with Gasteiger partial charge in [-0.3, -0.25) is 4.90 Å². The van der Waals surface area contributed by atoms with E-state index in [9.17, 15) is 14.7 Å². The molecule has 1 heterocycles. The molecule has 0 aromatic rings. The molecule has 1 aliphatic heterocycles. The number of hydrogen-bond acceptors (Lipinski definition) is 3. The summed E-state index contributed by atoms with van der Waals surface area (Å²) in [6.07, 6.45) is 2.41. The van der Waals surface area contributed by atoms with Crippen LogP contribution in [0.25, 0.3) is 0 Å². The van der Waals surface area contributed by atoms with Gasteiger partial charge in [-0.15, -0.1) is 0 Å². The van der Waals surface area contributed by atoms with Gasteiger partial charge in [0.15, 0.2) is 0 Å². The summed E-state index contributed by atoms with van der Waals surface area (Å²) in [4.78, 5) is 25.1. The van der Waals surface area contributed by atoms with Crippen LogP contribution in [0.15, 0.2) is 0 Å². The van der Waals surface area contributed by atoms with Crippen LogP contribution in [0.5, 0.6) is 0 Å². The fraction of sp³-hybridized carbons (Fsp3) is 0.857. The lowest BCUT2D eigenvalue weighted by Gasteiger charge is -2.28. The first-order valence-corrected chi connectivity index (χ1v) is 6.86. The molecule has 0 spiro atoms. The van der Waals surface area contributed by atoms with Crippen molar-refractivity contribution in [3.63, 3.8) is 0 Å². The van der Waals surface area contributed by atoms with E-state index in [2.05, 4.69) is 6.92 Å². The smallest absolute Gasteiger partial charge is 0.411 e. The fourth-order valence-corrected chi connectivity index (χ4v) is 3.50. The predicted molar refractivity (Wildman–Crippen MR) is 69.8 cm³/mol. The molecule has 1 amide bonds. The minimum Gasteiger partial charge on any atom is -0.480 e. The molecule has 1 saturated carbocycles. The van der Waals surface area contributed by atoms with E-state index in [0.717, 1.165) is 19.3 Å². The first-order chi connectivity index (χ1) is 8.64. The van der Waals surface area contributed by atoms with Gasteiger partial charge in [-0.2, -0.15) is 0 Å². The largest absolute Gasteiger partial charge is 0.480 e. The van der Waals surface area contributed by atoms with E-state index in [0.29, 0.717) is 6.54 Å². The number of carboxylic acid groups (broad SMARTS) is 1. The molecule has 2 rings (SSSR count). The molecule has 19 heavy (non-hydrogen) atoms. The summed E-state index contributed by atoms with van der Waals surface area (Å²) in [5, 5.41) is 9.44. The fourth-order valence-electron chi connectivity index (χ4n) is 3.50. The maximum Gasteiger partial charge on any atom is 0.411 e. The molecule has 5 nitrogen and oxygen atoms in total. The molecular formula is C14H23NO4. The summed E-state index contributed by atoms with van der Waals surface area (Å²) in [7, 11) is 0.